The number of hydrogen-bond acceptors (Lipinski definition) is 2. The third-order valence-corrected chi connectivity index (χ3v) is 5.34. The molecule has 3 nitrogen and oxygen atoms in total. The maximum Gasteiger partial charge on any atom is 0.253 e. The van der Waals surface area contributed by atoms with Crippen molar-refractivity contribution in [2.75, 3.05) is 33.2 Å². The fraction of sp³-hybridized carbons (Fsp3) is 0.526. The lowest BCUT2D eigenvalue weighted by Crippen LogP contribution is -2.35. The Labute approximate surface area is 133 Å². The van der Waals surface area contributed by atoms with Crippen molar-refractivity contribution >= 4 is 12.0 Å². The lowest BCUT2D eigenvalue weighted by Gasteiger charge is -2.32. The van der Waals surface area contributed by atoms with Gasteiger partial charge in [-0.3, -0.25) is 4.79 Å². The molecule has 0 aliphatic carbocycles. The van der Waals surface area contributed by atoms with Crippen molar-refractivity contribution in [1.29, 1.82) is 0 Å². The van der Waals surface area contributed by atoms with Crippen molar-refractivity contribution in [3.63, 3.8) is 0 Å². The maximum atomic E-state index is 12.6. The third kappa shape index (κ3) is 3.25. The van der Waals surface area contributed by atoms with Gasteiger partial charge in [-0.05, 0) is 68.9 Å². The molecule has 1 aromatic rings. The summed E-state index contributed by atoms with van der Waals surface area (Å²) in [6, 6.07) is 7.76. The number of amides is 1. The SMILES string of the molecule is C=Cc1ccc(C(=O)N2CCC(C3CCN(C)CC3)C2)cc1. The van der Waals surface area contributed by atoms with E-state index < -0.39 is 0 Å². The van der Waals surface area contributed by atoms with Crippen LogP contribution in [0.5, 0.6) is 0 Å². The molecule has 2 fully saturated rings. The quantitative estimate of drug-likeness (QED) is 0.856. The molecule has 22 heavy (non-hydrogen) atoms. The van der Waals surface area contributed by atoms with E-state index in [2.05, 4.69) is 18.5 Å². The molecule has 2 aliphatic rings. The molecule has 3 rings (SSSR count). The van der Waals surface area contributed by atoms with Crippen LogP contribution in [-0.2, 0) is 0 Å². The zero-order chi connectivity index (χ0) is 15.5. The van der Waals surface area contributed by atoms with Crippen molar-refractivity contribution in [3.05, 3.63) is 42.0 Å². The Morgan fingerprint density at radius 3 is 2.36 bits per heavy atom. The Kier molecular flexibility index (Phi) is 4.63. The third-order valence-electron chi connectivity index (χ3n) is 5.34. The molecule has 0 N–H and O–H groups in total. The Hall–Kier alpha value is -1.61. The number of benzene rings is 1. The molecule has 2 aliphatic heterocycles. The molecule has 1 amide bonds. The van der Waals surface area contributed by atoms with Gasteiger partial charge >= 0.3 is 0 Å². The van der Waals surface area contributed by atoms with E-state index in [1.54, 1.807) is 6.08 Å². The van der Waals surface area contributed by atoms with Gasteiger partial charge in [-0.15, -0.1) is 0 Å². The van der Waals surface area contributed by atoms with Gasteiger partial charge in [0.2, 0.25) is 0 Å². The van der Waals surface area contributed by atoms with Crippen LogP contribution in [0.1, 0.15) is 35.2 Å². The first kappa shape index (κ1) is 15.3. The highest BCUT2D eigenvalue weighted by atomic mass is 16.2. The monoisotopic (exact) mass is 298 g/mol. The molecule has 1 aromatic carbocycles. The maximum absolute atomic E-state index is 12.6. The van der Waals surface area contributed by atoms with Crippen LogP contribution in [0.15, 0.2) is 30.8 Å². The second-order valence-corrected chi connectivity index (χ2v) is 6.77. The summed E-state index contributed by atoms with van der Waals surface area (Å²) in [6.07, 6.45) is 5.56. The molecule has 0 spiro atoms. The van der Waals surface area contributed by atoms with Gasteiger partial charge in [0.05, 0.1) is 0 Å². The van der Waals surface area contributed by atoms with Crippen LogP contribution in [0.25, 0.3) is 6.08 Å². The average Bonchev–Trinajstić information content (AvgIpc) is 3.05. The lowest BCUT2D eigenvalue weighted by atomic mass is 9.84. The minimum atomic E-state index is 0.186. The molecule has 2 saturated heterocycles. The summed E-state index contributed by atoms with van der Waals surface area (Å²) in [6.45, 7) is 8.02. The number of rotatable bonds is 3. The number of hydrogen-bond donors (Lipinski definition) is 0. The normalized spacial score (nSPS) is 23.7. The van der Waals surface area contributed by atoms with Crippen LogP contribution in [0, 0.1) is 11.8 Å². The van der Waals surface area contributed by atoms with E-state index >= 15 is 0 Å². The molecule has 1 atom stereocenters. The molecule has 3 heteroatoms. The van der Waals surface area contributed by atoms with Crippen molar-refractivity contribution in [3.8, 4) is 0 Å². The molecule has 0 bridgehead atoms. The van der Waals surface area contributed by atoms with E-state index in [9.17, 15) is 4.79 Å². The summed E-state index contributed by atoms with van der Waals surface area (Å²) in [5, 5.41) is 0. The molecule has 0 radical (unpaired) electrons. The van der Waals surface area contributed by atoms with E-state index in [-0.39, 0.29) is 5.91 Å². The summed E-state index contributed by atoms with van der Waals surface area (Å²) < 4.78 is 0. The predicted octanol–water partition coefficient (Wildman–Crippen LogP) is 3.13. The second-order valence-electron chi connectivity index (χ2n) is 6.77. The molecule has 0 saturated carbocycles. The summed E-state index contributed by atoms with van der Waals surface area (Å²) in [5.74, 6) is 1.69. The van der Waals surface area contributed by atoms with Crippen molar-refractivity contribution in [2.24, 2.45) is 11.8 Å². The minimum Gasteiger partial charge on any atom is -0.338 e. The van der Waals surface area contributed by atoms with Gasteiger partial charge in [-0.25, -0.2) is 0 Å². The van der Waals surface area contributed by atoms with Crippen molar-refractivity contribution in [2.45, 2.75) is 19.3 Å². The van der Waals surface area contributed by atoms with E-state index in [0.717, 1.165) is 30.1 Å². The number of likely N-dealkylation sites (tertiary alicyclic amines) is 2. The fourth-order valence-corrected chi connectivity index (χ4v) is 3.80. The Morgan fingerprint density at radius 1 is 1.09 bits per heavy atom. The standard InChI is InChI=1S/C19H26N2O/c1-3-15-4-6-17(7-5-15)19(22)21-13-10-18(14-21)16-8-11-20(2)12-9-16/h3-7,16,18H,1,8-14H2,2H3. The minimum absolute atomic E-state index is 0.186. The van der Waals surface area contributed by atoms with Gasteiger partial charge in [0.25, 0.3) is 5.91 Å². The Bertz CT molecular complexity index is 529. The van der Waals surface area contributed by atoms with Crippen LogP contribution >= 0.6 is 0 Å². The zero-order valence-electron chi connectivity index (χ0n) is 13.5. The fourth-order valence-electron chi connectivity index (χ4n) is 3.80. The van der Waals surface area contributed by atoms with Gasteiger partial charge in [0, 0.05) is 18.7 Å². The number of nitrogens with zero attached hydrogens (tertiary/aromatic N) is 2. The molecule has 0 aromatic heterocycles. The Morgan fingerprint density at radius 2 is 1.73 bits per heavy atom. The molecular formula is C19H26N2O. The molecular weight excluding hydrogens is 272 g/mol. The average molecular weight is 298 g/mol. The highest BCUT2D eigenvalue weighted by Gasteiger charge is 2.33. The Balaban J connectivity index is 1.59. The summed E-state index contributed by atoms with van der Waals surface area (Å²) in [4.78, 5) is 17.1. The van der Waals surface area contributed by atoms with Gasteiger partial charge in [-0.1, -0.05) is 24.8 Å². The zero-order valence-corrected chi connectivity index (χ0v) is 13.5. The van der Waals surface area contributed by atoms with E-state index in [1.165, 1.54) is 32.4 Å². The summed E-state index contributed by atoms with van der Waals surface area (Å²) >= 11 is 0. The van der Waals surface area contributed by atoms with Crippen LogP contribution in [-0.4, -0.2) is 48.9 Å². The second kappa shape index (κ2) is 6.66. The van der Waals surface area contributed by atoms with Crippen LogP contribution < -0.4 is 0 Å². The van der Waals surface area contributed by atoms with Crippen LogP contribution in [0.2, 0.25) is 0 Å². The summed E-state index contributed by atoms with van der Waals surface area (Å²) in [7, 11) is 2.20. The van der Waals surface area contributed by atoms with Crippen LogP contribution in [0.4, 0.5) is 0 Å². The largest absolute Gasteiger partial charge is 0.338 e. The number of carbonyl (C=O) groups is 1. The highest BCUT2D eigenvalue weighted by Crippen LogP contribution is 2.32. The summed E-state index contributed by atoms with van der Waals surface area (Å²) in [5.41, 5.74) is 1.86. The van der Waals surface area contributed by atoms with Crippen LogP contribution in [0.3, 0.4) is 0 Å². The molecule has 1 unspecified atom stereocenters. The first-order chi connectivity index (χ1) is 10.7. The lowest BCUT2D eigenvalue weighted by molar-refractivity contribution is 0.0776. The smallest absolute Gasteiger partial charge is 0.253 e. The van der Waals surface area contributed by atoms with Crippen molar-refractivity contribution < 1.29 is 4.79 Å². The predicted molar refractivity (Wildman–Crippen MR) is 90.8 cm³/mol. The molecule has 118 valence electrons. The first-order valence-corrected chi connectivity index (χ1v) is 8.37. The topological polar surface area (TPSA) is 23.6 Å². The van der Waals surface area contributed by atoms with Crippen molar-refractivity contribution in [1.82, 2.24) is 9.80 Å². The molecule has 2 heterocycles. The van der Waals surface area contributed by atoms with Gasteiger partial charge in [0.15, 0.2) is 0 Å². The van der Waals surface area contributed by atoms with Gasteiger partial charge in [0.1, 0.15) is 0 Å². The number of carbonyl (C=O) groups excluding carboxylic acids is 1. The number of piperidine rings is 1. The van der Waals surface area contributed by atoms with Gasteiger partial charge < -0.3 is 9.80 Å². The van der Waals surface area contributed by atoms with Gasteiger partial charge in [-0.2, -0.15) is 0 Å². The first-order valence-electron chi connectivity index (χ1n) is 8.37. The van der Waals surface area contributed by atoms with E-state index in [1.807, 2.05) is 29.2 Å². The van der Waals surface area contributed by atoms with E-state index in [4.69, 9.17) is 0 Å². The highest BCUT2D eigenvalue weighted by molar-refractivity contribution is 5.94. The van der Waals surface area contributed by atoms with E-state index in [0.29, 0.717) is 5.92 Å².